The van der Waals surface area contributed by atoms with Crippen LogP contribution in [0.2, 0.25) is 0 Å². The molecule has 2 bridgehead atoms. The Morgan fingerprint density at radius 3 is 2.50 bits per heavy atom. The van der Waals surface area contributed by atoms with Gasteiger partial charge in [0.15, 0.2) is 11.7 Å². The van der Waals surface area contributed by atoms with Crippen molar-refractivity contribution in [3.05, 3.63) is 12.2 Å². The Morgan fingerprint density at radius 2 is 1.86 bits per heavy atom. The van der Waals surface area contributed by atoms with Crippen LogP contribution in [0, 0.1) is 35.0 Å². The minimum absolute atomic E-state index is 0.104. The Kier molecular flexibility index (Phi) is 4.60. The minimum atomic E-state index is -1.25. The number of epoxide rings is 1. The number of carbonyl (C=O) groups excluding carboxylic acids is 4. The zero-order valence-corrected chi connectivity index (χ0v) is 21.6. The van der Waals surface area contributed by atoms with Crippen molar-refractivity contribution in [2.24, 2.45) is 35.0 Å². The molecule has 3 heterocycles. The highest BCUT2D eigenvalue weighted by Crippen LogP contribution is 2.79. The second-order valence-corrected chi connectivity index (χ2v) is 12.3. The van der Waals surface area contributed by atoms with E-state index in [0.717, 1.165) is 0 Å². The van der Waals surface area contributed by atoms with Gasteiger partial charge in [-0.3, -0.25) is 19.2 Å². The smallest absolute Gasteiger partial charge is 0.313 e. The maximum absolute atomic E-state index is 13.5. The lowest BCUT2D eigenvalue weighted by atomic mass is 9.53. The molecule has 9 heteroatoms. The van der Waals surface area contributed by atoms with Gasteiger partial charge in [0.1, 0.15) is 23.4 Å². The SMILES string of the molecule is C=C1[C@@H]2C[C@@](C)(C(=O)O2)[C@H]2C(=O)O[C@]3(C)[C@H]2[C@@H]1[C@@]12O[C@@]1(C[C@@H](C)[C@H]2OC(=O)[C@@H](C)CC)[C@H]3OC(C)=O. The van der Waals surface area contributed by atoms with Gasteiger partial charge in [0, 0.05) is 25.2 Å². The molecule has 3 aliphatic heterocycles. The van der Waals surface area contributed by atoms with E-state index >= 15 is 0 Å². The summed E-state index contributed by atoms with van der Waals surface area (Å²) in [4.78, 5) is 52.0. The number of hydrogen-bond donors (Lipinski definition) is 0. The van der Waals surface area contributed by atoms with Crippen LogP contribution in [0.1, 0.15) is 60.8 Å². The van der Waals surface area contributed by atoms with E-state index in [-0.39, 0.29) is 17.8 Å². The molecule has 0 aromatic rings. The highest BCUT2D eigenvalue weighted by molar-refractivity contribution is 5.89. The summed E-state index contributed by atoms with van der Waals surface area (Å²) in [6.45, 7) is 15.0. The normalized spacial score (nSPS) is 52.3. The van der Waals surface area contributed by atoms with Gasteiger partial charge in [-0.05, 0) is 38.2 Å². The molecule has 9 nitrogen and oxygen atoms in total. The predicted molar refractivity (Wildman–Crippen MR) is 122 cm³/mol. The maximum atomic E-state index is 13.5. The Labute approximate surface area is 210 Å². The molecule has 12 atom stereocenters. The number of hydrogen-bond acceptors (Lipinski definition) is 9. The zero-order valence-electron chi connectivity index (χ0n) is 21.6. The molecule has 3 aliphatic carbocycles. The Hall–Kier alpha value is -2.42. The third-order valence-corrected chi connectivity index (χ3v) is 10.3. The average Bonchev–Trinajstić information content (AvgIpc) is 3.15. The van der Waals surface area contributed by atoms with Crippen molar-refractivity contribution < 1.29 is 42.9 Å². The average molecular weight is 503 g/mol. The van der Waals surface area contributed by atoms with E-state index in [2.05, 4.69) is 6.58 Å². The van der Waals surface area contributed by atoms with Crippen molar-refractivity contribution in [1.29, 1.82) is 0 Å². The van der Waals surface area contributed by atoms with E-state index in [4.69, 9.17) is 23.7 Å². The van der Waals surface area contributed by atoms with Crippen LogP contribution in [0.25, 0.3) is 0 Å². The lowest BCUT2D eigenvalue weighted by Crippen LogP contribution is -2.66. The molecular formula is C27H34O9. The minimum Gasteiger partial charge on any atom is -0.459 e. The van der Waals surface area contributed by atoms with Crippen LogP contribution in [0.5, 0.6) is 0 Å². The van der Waals surface area contributed by atoms with Crippen LogP contribution in [0.4, 0.5) is 0 Å². The molecular weight excluding hydrogens is 468 g/mol. The van der Waals surface area contributed by atoms with E-state index in [0.29, 0.717) is 24.8 Å². The molecule has 0 N–H and O–H groups in total. The van der Waals surface area contributed by atoms with E-state index < -0.39 is 76.2 Å². The number of fused-ring (bicyclic) bond motifs is 3. The summed E-state index contributed by atoms with van der Waals surface area (Å²) in [7, 11) is 0. The summed E-state index contributed by atoms with van der Waals surface area (Å²) in [5, 5.41) is 0. The molecule has 3 saturated carbocycles. The van der Waals surface area contributed by atoms with Gasteiger partial charge in [-0.2, -0.15) is 0 Å². The molecule has 0 aromatic heterocycles. The fourth-order valence-corrected chi connectivity index (χ4v) is 8.55. The second kappa shape index (κ2) is 6.91. The first-order chi connectivity index (χ1) is 16.8. The molecule has 0 spiro atoms. The van der Waals surface area contributed by atoms with Crippen molar-refractivity contribution in [2.75, 3.05) is 0 Å². The van der Waals surface area contributed by atoms with Gasteiger partial charge in [-0.25, -0.2) is 0 Å². The van der Waals surface area contributed by atoms with Crippen LogP contribution >= 0.6 is 0 Å². The van der Waals surface area contributed by atoms with Gasteiger partial charge in [-0.1, -0.05) is 27.4 Å². The number of esters is 4. The Bertz CT molecular complexity index is 1110. The third-order valence-electron chi connectivity index (χ3n) is 10.3. The van der Waals surface area contributed by atoms with Gasteiger partial charge >= 0.3 is 23.9 Å². The molecule has 0 amide bonds. The molecule has 36 heavy (non-hydrogen) atoms. The van der Waals surface area contributed by atoms with E-state index in [9.17, 15) is 19.2 Å². The van der Waals surface area contributed by atoms with E-state index in [1.807, 2.05) is 20.8 Å². The summed E-state index contributed by atoms with van der Waals surface area (Å²) >= 11 is 0. The lowest BCUT2D eigenvalue weighted by Gasteiger charge is -2.50. The molecule has 196 valence electrons. The van der Waals surface area contributed by atoms with Crippen LogP contribution in [-0.2, 0) is 42.9 Å². The molecule has 0 unspecified atom stereocenters. The van der Waals surface area contributed by atoms with Gasteiger partial charge in [0.05, 0.1) is 17.3 Å². The van der Waals surface area contributed by atoms with Crippen LogP contribution < -0.4 is 0 Å². The molecule has 6 fully saturated rings. The van der Waals surface area contributed by atoms with Gasteiger partial charge < -0.3 is 23.7 Å². The second-order valence-electron chi connectivity index (χ2n) is 12.3. The van der Waals surface area contributed by atoms with Gasteiger partial charge in [0.2, 0.25) is 0 Å². The first-order valence-electron chi connectivity index (χ1n) is 13.0. The highest BCUT2D eigenvalue weighted by atomic mass is 16.7. The van der Waals surface area contributed by atoms with Crippen molar-refractivity contribution in [3.8, 4) is 0 Å². The van der Waals surface area contributed by atoms with Crippen molar-refractivity contribution in [3.63, 3.8) is 0 Å². The van der Waals surface area contributed by atoms with Crippen molar-refractivity contribution >= 4 is 23.9 Å². The molecule has 6 rings (SSSR count). The number of rotatable bonds is 4. The Morgan fingerprint density at radius 1 is 1.17 bits per heavy atom. The van der Waals surface area contributed by atoms with Crippen molar-refractivity contribution in [2.45, 2.75) is 95.9 Å². The highest BCUT2D eigenvalue weighted by Gasteiger charge is 2.95. The van der Waals surface area contributed by atoms with Gasteiger partial charge in [0.25, 0.3) is 0 Å². The third kappa shape index (κ3) is 2.46. The van der Waals surface area contributed by atoms with Gasteiger partial charge in [-0.15, -0.1) is 0 Å². The Balaban J connectivity index is 1.55. The summed E-state index contributed by atoms with van der Waals surface area (Å²) in [6, 6.07) is 0. The molecule has 3 saturated heterocycles. The summed E-state index contributed by atoms with van der Waals surface area (Å²) in [6.07, 6.45) is -0.747. The topological polar surface area (TPSA) is 118 Å². The van der Waals surface area contributed by atoms with Crippen LogP contribution in [0.15, 0.2) is 12.2 Å². The van der Waals surface area contributed by atoms with E-state index in [1.54, 1.807) is 13.8 Å². The fourth-order valence-electron chi connectivity index (χ4n) is 8.55. The standard InChI is InChI=1S/C27H34O9/c1-8-11(2)20(29)34-19-12(3)9-26-22(32-14(5)28)25(7)17-16(27(19,26)36-26)13(4)15-10-24(6,23(31)33-15)18(17)21(30)35-25/h11-12,15-19,22H,4,8-10H2,1-3,5-7H3/t11-,12+,15-,16+,17-,18+,19+,22-,24+,25+,26-,27-/m0/s1. The zero-order chi connectivity index (χ0) is 26.2. The summed E-state index contributed by atoms with van der Waals surface area (Å²) in [5.74, 6) is -4.10. The maximum Gasteiger partial charge on any atom is 0.313 e. The monoisotopic (exact) mass is 502 g/mol. The van der Waals surface area contributed by atoms with Crippen LogP contribution in [-0.4, -0.2) is 59.0 Å². The quantitative estimate of drug-likeness (QED) is 0.247. The van der Waals surface area contributed by atoms with Crippen molar-refractivity contribution in [1.82, 2.24) is 0 Å². The summed E-state index contributed by atoms with van der Waals surface area (Å²) in [5.41, 5.74) is -3.78. The molecule has 0 aromatic carbocycles. The first-order valence-corrected chi connectivity index (χ1v) is 13.0. The number of ether oxygens (including phenoxy) is 5. The molecule has 0 radical (unpaired) electrons. The van der Waals surface area contributed by atoms with Crippen LogP contribution in [0.3, 0.4) is 0 Å². The predicted octanol–water partition coefficient (Wildman–Crippen LogP) is 2.49. The fraction of sp³-hybridized carbons (Fsp3) is 0.778. The summed E-state index contributed by atoms with van der Waals surface area (Å²) < 4.78 is 30.6. The lowest BCUT2D eigenvalue weighted by molar-refractivity contribution is -0.192. The first kappa shape index (κ1) is 23.9. The largest absolute Gasteiger partial charge is 0.459 e. The molecule has 6 aliphatic rings. The number of carbonyl (C=O) groups is 4. The van der Waals surface area contributed by atoms with E-state index in [1.165, 1.54) is 6.92 Å².